The third-order valence-corrected chi connectivity index (χ3v) is 1.69. The van der Waals surface area contributed by atoms with E-state index >= 15 is 0 Å². The average Bonchev–Trinajstić information content (AvgIpc) is 2.16. The van der Waals surface area contributed by atoms with Crippen molar-refractivity contribution in [3.8, 4) is 0 Å². The van der Waals surface area contributed by atoms with E-state index in [-0.39, 0.29) is 6.61 Å². The molecule has 94 valence electrons. The van der Waals surface area contributed by atoms with Crippen LogP contribution in [0.15, 0.2) is 12.3 Å². The zero-order valence-electron chi connectivity index (χ0n) is 9.51. The van der Waals surface area contributed by atoms with Gasteiger partial charge in [-0.3, -0.25) is 9.59 Å². The highest BCUT2D eigenvalue weighted by atomic mass is 16.4. The fourth-order valence-corrected chi connectivity index (χ4v) is 0.559. The molecule has 0 fully saturated rings. The fourth-order valence-electron chi connectivity index (χ4n) is 0.559. The summed E-state index contributed by atoms with van der Waals surface area (Å²) in [6, 6.07) is 0. The quantitative estimate of drug-likeness (QED) is 0.540. The molecule has 2 atom stereocenters. The molecule has 0 amide bonds. The van der Waals surface area contributed by atoms with E-state index < -0.39 is 23.8 Å². The summed E-state index contributed by atoms with van der Waals surface area (Å²) < 4.78 is 0. The number of allylic oxidation sites excluding steroid dienone is 1. The lowest BCUT2D eigenvalue weighted by molar-refractivity contribution is -0.142. The van der Waals surface area contributed by atoms with Gasteiger partial charge in [0.1, 0.15) is 0 Å². The van der Waals surface area contributed by atoms with Crippen LogP contribution in [0.2, 0.25) is 0 Å². The lowest BCUT2D eigenvalue weighted by atomic mass is 10.1. The van der Waals surface area contributed by atoms with Crippen molar-refractivity contribution in [2.24, 2.45) is 17.6 Å². The molecule has 0 aromatic rings. The summed E-state index contributed by atoms with van der Waals surface area (Å²) in [5, 5.41) is 24.5. The Bertz CT molecular complexity index is 252. The second-order valence-corrected chi connectivity index (χ2v) is 3.52. The number of aliphatic carboxylic acids is 2. The highest BCUT2D eigenvalue weighted by Crippen LogP contribution is 2.04. The van der Waals surface area contributed by atoms with Crippen LogP contribution in [0.25, 0.3) is 0 Å². The Hall–Kier alpha value is -1.56. The SMILES string of the molecule is C=C(N)CC(C)C(=O)O.CC(CO)C(=O)O. The van der Waals surface area contributed by atoms with Crippen LogP contribution < -0.4 is 5.73 Å². The van der Waals surface area contributed by atoms with Gasteiger partial charge in [0.2, 0.25) is 0 Å². The van der Waals surface area contributed by atoms with Gasteiger partial charge in [-0.1, -0.05) is 13.5 Å². The van der Waals surface area contributed by atoms with E-state index in [0.717, 1.165) is 0 Å². The van der Waals surface area contributed by atoms with Gasteiger partial charge < -0.3 is 21.1 Å². The van der Waals surface area contributed by atoms with E-state index in [1.807, 2.05) is 0 Å². The number of aliphatic hydroxyl groups excluding tert-OH is 1. The number of carboxylic acid groups (broad SMARTS) is 2. The molecule has 2 unspecified atom stereocenters. The van der Waals surface area contributed by atoms with Gasteiger partial charge in [-0.15, -0.1) is 0 Å². The van der Waals surface area contributed by atoms with Gasteiger partial charge in [0.25, 0.3) is 0 Å². The molecule has 0 aliphatic carbocycles. The van der Waals surface area contributed by atoms with Crippen LogP contribution in [0.1, 0.15) is 20.3 Å². The van der Waals surface area contributed by atoms with Gasteiger partial charge in [-0.2, -0.15) is 0 Å². The minimum atomic E-state index is -0.956. The Morgan fingerprint density at radius 3 is 1.62 bits per heavy atom. The Labute approximate surface area is 94.4 Å². The normalized spacial score (nSPS) is 12.9. The number of aliphatic hydroxyl groups is 1. The first-order valence-corrected chi connectivity index (χ1v) is 4.72. The maximum absolute atomic E-state index is 10.1. The number of hydrogen-bond acceptors (Lipinski definition) is 4. The summed E-state index contributed by atoms with van der Waals surface area (Å²) in [6.45, 7) is 6.15. The van der Waals surface area contributed by atoms with E-state index in [9.17, 15) is 9.59 Å². The molecule has 0 heterocycles. The molecule has 6 nitrogen and oxygen atoms in total. The van der Waals surface area contributed by atoms with E-state index in [0.29, 0.717) is 12.1 Å². The van der Waals surface area contributed by atoms with Crippen LogP contribution in [-0.4, -0.2) is 33.9 Å². The summed E-state index contributed by atoms with van der Waals surface area (Å²) >= 11 is 0. The van der Waals surface area contributed by atoms with Gasteiger partial charge in [-0.25, -0.2) is 0 Å². The molecule has 6 heteroatoms. The van der Waals surface area contributed by atoms with E-state index in [4.69, 9.17) is 21.1 Å². The molecule has 0 rings (SSSR count). The summed E-state index contributed by atoms with van der Waals surface area (Å²) in [4.78, 5) is 19.9. The number of nitrogens with two attached hydrogens (primary N) is 1. The van der Waals surface area contributed by atoms with Crippen molar-refractivity contribution >= 4 is 11.9 Å². The fraction of sp³-hybridized carbons (Fsp3) is 0.600. The third kappa shape index (κ3) is 10.5. The largest absolute Gasteiger partial charge is 0.481 e. The highest BCUT2D eigenvalue weighted by Gasteiger charge is 2.09. The molecule has 0 aromatic carbocycles. The molecular weight excluding hydrogens is 214 g/mol. The van der Waals surface area contributed by atoms with Gasteiger partial charge >= 0.3 is 11.9 Å². The topological polar surface area (TPSA) is 121 Å². The average molecular weight is 233 g/mol. The Morgan fingerprint density at radius 1 is 1.19 bits per heavy atom. The molecule has 5 N–H and O–H groups in total. The van der Waals surface area contributed by atoms with Crippen LogP contribution in [-0.2, 0) is 9.59 Å². The van der Waals surface area contributed by atoms with Gasteiger partial charge in [-0.05, 0) is 13.3 Å². The van der Waals surface area contributed by atoms with Crippen molar-refractivity contribution in [1.82, 2.24) is 0 Å². The third-order valence-electron chi connectivity index (χ3n) is 1.69. The first-order chi connectivity index (χ1) is 7.22. The molecule has 0 bridgehead atoms. The van der Waals surface area contributed by atoms with Crippen molar-refractivity contribution in [2.45, 2.75) is 20.3 Å². The van der Waals surface area contributed by atoms with Crippen molar-refractivity contribution in [3.05, 3.63) is 12.3 Å². The number of carboxylic acids is 2. The second kappa shape index (κ2) is 8.72. The molecule has 0 aliphatic rings. The predicted octanol–water partition coefficient (Wildman–Crippen LogP) is 0.269. The van der Waals surface area contributed by atoms with E-state index in [1.54, 1.807) is 6.92 Å². The lowest BCUT2D eigenvalue weighted by Crippen LogP contribution is -2.12. The second-order valence-electron chi connectivity index (χ2n) is 3.52. The van der Waals surface area contributed by atoms with Crippen molar-refractivity contribution in [1.29, 1.82) is 0 Å². The minimum absolute atomic E-state index is 0.282. The van der Waals surface area contributed by atoms with Gasteiger partial charge in [0.15, 0.2) is 0 Å². The first kappa shape index (κ1) is 16.9. The van der Waals surface area contributed by atoms with Crippen molar-refractivity contribution in [2.75, 3.05) is 6.61 Å². The molecule has 0 aromatic heterocycles. The summed E-state index contributed by atoms with van der Waals surface area (Å²) in [5.41, 5.74) is 5.59. The number of rotatable bonds is 5. The van der Waals surface area contributed by atoms with E-state index in [2.05, 4.69) is 6.58 Å². The predicted molar refractivity (Wildman–Crippen MR) is 58.6 cm³/mol. The Balaban J connectivity index is 0. The molecule has 0 radical (unpaired) electrons. The van der Waals surface area contributed by atoms with Crippen LogP contribution in [0.5, 0.6) is 0 Å². The van der Waals surface area contributed by atoms with Crippen LogP contribution in [0, 0.1) is 11.8 Å². The molecular formula is C10H19NO5. The molecule has 0 spiro atoms. The molecule has 0 saturated heterocycles. The number of hydrogen-bond donors (Lipinski definition) is 4. The Kier molecular flexibility index (Phi) is 9.19. The first-order valence-electron chi connectivity index (χ1n) is 4.72. The van der Waals surface area contributed by atoms with Crippen molar-refractivity contribution < 1.29 is 24.9 Å². The van der Waals surface area contributed by atoms with E-state index in [1.165, 1.54) is 6.92 Å². The van der Waals surface area contributed by atoms with Crippen molar-refractivity contribution in [3.63, 3.8) is 0 Å². The Morgan fingerprint density at radius 2 is 1.56 bits per heavy atom. The molecule has 0 aliphatic heterocycles. The zero-order chi connectivity index (χ0) is 13.3. The number of carbonyl (C=O) groups is 2. The maximum atomic E-state index is 10.1. The van der Waals surface area contributed by atoms with Crippen LogP contribution in [0.4, 0.5) is 0 Å². The smallest absolute Gasteiger partial charge is 0.308 e. The molecule has 16 heavy (non-hydrogen) atoms. The standard InChI is InChI=1S/C6H11NO2.C4H8O3/c1-4(6(8)9)3-5(2)7;1-3(2-5)4(6)7/h4H,2-3,7H2,1H3,(H,8,9);3,5H,2H2,1H3,(H,6,7). The zero-order valence-corrected chi connectivity index (χ0v) is 9.51. The lowest BCUT2D eigenvalue weighted by Gasteiger charge is -2.02. The summed E-state index contributed by atoms with van der Waals surface area (Å²) in [5.74, 6) is -2.83. The van der Waals surface area contributed by atoms with Crippen LogP contribution in [0.3, 0.4) is 0 Å². The molecule has 0 saturated carbocycles. The van der Waals surface area contributed by atoms with Crippen LogP contribution >= 0.6 is 0 Å². The van der Waals surface area contributed by atoms with Gasteiger partial charge in [0.05, 0.1) is 18.4 Å². The summed E-state index contributed by atoms with van der Waals surface area (Å²) in [6.07, 6.45) is 0.356. The van der Waals surface area contributed by atoms with Gasteiger partial charge in [0, 0.05) is 5.70 Å². The highest BCUT2D eigenvalue weighted by molar-refractivity contribution is 5.69. The summed E-state index contributed by atoms with van der Waals surface area (Å²) in [7, 11) is 0. The maximum Gasteiger partial charge on any atom is 0.308 e. The monoisotopic (exact) mass is 233 g/mol. The minimum Gasteiger partial charge on any atom is -0.481 e.